The van der Waals surface area contributed by atoms with E-state index in [1.54, 1.807) is 17.9 Å². The number of hydrogen-bond donors (Lipinski definition) is 3. The standard InChI is InChI=1S/C24H25N5O3/c1-4-14-5-7-15(8-6-14)9-10-17-27-22(25-3)18-23(28-17)29(12-26-18)19-16-11-24(16,13(2)30)21(32)20(19)31/h5-8,12,16,19-21,31-32H,4,11H2,1-3H3,(H,25,27,28)/t16?,19-,20+,21?,24-/m1/s1. The summed E-state index contributed by atoms with van der Waals surface area (Å²) in [5.74, 6) is 6.73. The van der Waals surface area contributed by atoms with Gasteiger partial charge in [0, 0.05) is 12.6 Å². The average molecular weight is 431 g/mol. The van der Waals surface area contributed by atoms with Gasteiger partial charge < -0.3 is 20.1 Å². The van der Waals surface area contributed by atoms with Gasteiger partial charge in [0.15, 0.2) is 17.0 Å². The van der Waals surface area contributed by atoms with E-state index in [1.807, 2.05) is 24.3 Å². The van der Waals surface area contributed by atoms with Crippen LogP contribution in [-0.4, -0.2) is 54.8 Å². The number of carbonyl (C=O) groups excluding carboxylic acids is 1. The quantitative estimate of drug-likeness (QED) is 0.539. The summed E-state index contributed by atoms with van der Waals surface area (Å²) in [6, 6.07) is 7.55. The molecule has 32 heavy (non-hydrogen) atoms. The van der Waals surface area contributed by atoms with Crippen molar-refractivity contribution in [2.45, 2.75) is 44.9 Å². The van der Waals surface area contributed by atoms with Crippen LogP contribution in [0, 0.1) is 23.2 Å². The van der Waals surface area contributed by atoms with Crippen LogP contribution in [0.5, 0.6) is 0 Å². The van der Waals surface area contributed by atoms with Gasteiger partial charge in [0.2, 0.25) is 5.82 Å². The van der Waals surface area contributed by atoms with Gasteiger partial charge in [-0.15, -0.1) is 0 Å². The van der Waals surface area contributed by atoms with Gasteiger partial charge in [-0.05, 0) is 49.3 Å². The summed E-state index contributed by atoms with van der Waals surface area (Å²) in [7, 11) is 1.75. The zero-order chi connectivity index (χ0) is 22.6. The molecule has 3 aromatic rings. The first kappa shape index (κ1) is 20.6. The minimum atomic E-state index is -1.09. The van der Waals surface area contributed by atoms with Crippen molar-refractivity contribution in [2.24, 2.45) is 11.3 Å². The number of aromatic nitrogens is 4. The Bertz CT molecular complexity index is 1270. The predicted molar refractivity (Wildman–Crippen MR) is 119 cm³/mol. The summed E-state index contributed by atoms with van der Waals surface area (Å²) in [4.78, 5) is 25.7. The molecule has 2 heterocycles. The third-order valence-corrected chi connectivity index (χ3v) is 6.99. The fourth-order valence-corrected chi connectivity index (χ4v) is 5.09. The SMILES string of the molecule is CCc1ccc(C#Cc2nc(NC)c3ncn([C@@H]4C5C[C@]5(C(C)=O)C(O)[C@H]4O)c3n2)cc1. The van der Waals surface area contributed by atoms with Crippen LogP contribution in [0.25, 0.3) is 11.2 Å². The normalized spacial score (nSPS) is 28.2. The number of aliphatic hydroxyl groups is 2. The molecular formula is C24H25N5O3. The van der Waals surface area contributed by atoms with Gasteiger partial charge >= 0.3 is 0 Å². The second-order valence-electron chi connectivity index (χ2n) is 8.60. The lowest BCUT2D eigenvalue weighted by Gasteiger charge is -2.23. The van der Waals surface area contributed by atoms with Gasteiger partial charge in [-0.25, -0.2) is 15.0 Å². The summed E-state index contributed by atoms with van der Waals surface area (Å²) in [6.45, 7) is 3.58. The van der Waals surface area contributed by atoms with E-state index in [0.717, 1.165) is 12.0 Å². The predicted octanol–water partition coefficient (Wildman–Crippen LogP) is 1.70. The third-order valence-electron chi connectivity index (χ3n) is 6.99. The molecule has 0 saturated heterocycles. The van der Waals surface area contributed by atoms with Crippen LogP contribution in [0.1, 0.15) is 43.3 Å². The number of imidazole rings is 1. The van der Waals surface area contributed by atoms with Gasteiger partial charge in [0.05, 0.1) is 23.9 Å². The maximum absolute atomic E-state index is 12.2. The highest BCUT2D eigenvalue weighted by atomic mass is 16.3. The Morgan fingerprint density at radius 2 is 2.00 bits per heavy atom. The van der Waals surface area contributed by atoms with Crippen molar-refractivity contribution in [3.05, 3.63) is 47.5 Å². The van der Waals surface area contributed by atoms with Crippen LogP contribution in [0.3, 0.4) is 0 Å². The summed E-state index contributed by atoms with van der Waals surface area (Å²) in [5, 5.41) is 24.4. The number of fused-ring (bicyclic) bond motifs is 2. The maximum Gasteiger partial charge on any atom is 0.209 e. The number of aliphatic hydroxyl groups excluding tert-OH is 2. The fourth-order valence-electron chi connectivity index (χ4n) is 5.09. The molecule has 0 aliphatic heterocycles. The molecule has 0 radical (unpaired) electrons. The van der Waals surface area contributed by atoms with E-state index in [9.17, 15) is 15.0 Å². The molecule has 3 N–H and O–H groups in total. The number of ketones is 1. The van der Waals surface area contributed by atoms with E-state index in [-0.39, 0.29) is 11.7 Å². The number of nitrogens with one attached hydrogen (secondary N) is 1. The molecule has 2 aliphatic carbocycles. The van der Waals surface area contributed by atoms with E-state index in [1.165, 1.54) is 12.5 Å². The largest absolute Gasteiger partial charge is 0.389 e. The van der Waals surface area contributed by atoms with Crippen LogP contribution in [-0.2, 0) is 11.2 Å². The second-order valence-corrected chi connectivity index (χ2v) is 8.60. The summed E-state index contributed by atoms with van der Waals surface area (Å²) >= 11 is 0. The van der Waals surface area contributed by atoms with Crippen molar-refractivity contribution in [3.8, 4) is 11.8 Å². The van der Waals surface area contributed by atoms with E-state index >= 15 is 0 Å². The minimum Gasteiger partial charge on any atom is -0.389 e. The average Bonchev–Trinajstić information content (AvgIpc) is 3.35. The number of carbonyl (C=O) groups is 1. The van der Waals surface area contributed by atoms with E-state index in [2.05, 4.69) is 39.0 Å². The van der Waals surface area contributed by atoms with Crippen molar-refractivity contribution in [1.82, 2.24) is 19.5 Å². The Morgan fingerprint density at radius 1 is 1.25 bits per heavy atom. The highest BCUT2D eigenvalue weighted by Crippen LogP contribution is 2.68. The van der Waals surface area contributed by atoms with Crippen LogP contribution in [0.4, 0.5) is 5.82 Å². The Morgan fingerprint density at radius 3 is 2.62 bits per heavy atom. The van der Waals surface area contributed by atoms with Gasteiger partial charge in [-0.3, -0.25) is 4.79 Å². The number of nitrogens with zero attached hydrogens (tertiary/aromatic N) is 4. The number of anilines is 1. The highest BCUT2D eigenvalue weighted by molar-refractivity contribution is 5.88. The second kappa shape index (κ2) is 7.40. The lowest BCUT2D eigenvalue weighted by Crippen LogP contribution is -2.36. The first-order chi connectivity index (χ1) is 15.4. The first-order valence-electron chi connectivity index (χ1n) is 10.8. The summed E-state index contributed by atoms with van der Waals surface area (Å²) < 4.78 is 1.76. The molecule has 8 heteroatoms. The van der Waals surface area contributed by atoms with Gasteiger partial charge in [-0.1, -0.05) is 25.0 Å². The van der Waals surface area contributed by atoms with Crippen molar-refractivity contribution in [2.75, 3.05) is 12.4 Å². The summed E-state index contributed by atoms with van der Waals surface area (Å²) in [6.07, 6.45) is 0.945. The fraction of sp³-hybridized carbons (Fsp3) is 0.417. The Kier molecular flexibility index (Phi) is 4.77. The third kappa shape index (κ3) is 2.93. The number of hydrogen-bond acceptors (Lipinski definition) is 7. The van der Waals surface area contributed by atoms with E-state index in [4.69, 9.17) is 0 Å². The van der Waals surface area contributed by atoms with E-state index < -0.39 is 23.7 Å². The lowest BCUT2D eigenvalue weighted by atomic mass is 9.95. The molecule has 0 amide bonds. The van der Waals surface area contributed by atoms with Crippen LogP contribution in [0.15, 0.2) is 30.6 Å². The van der Waals surface area contributed by atoms with Crippen LogP contribution in [0.2, 0.25) is 0 Å². The van der Waals surface area contributed by atoms with Crippen molar-refractivity contribution < 1.29 is 15.0 Å². The minimum absolute atomic E-state index is 0.0906. The molecule has 8 nitrogen and oxygen atoms in total. The number of benzene rings is 1. The smallest absolute Gasteiger partial charge is 0.209 e. The van der Waals surface area contributed by atoms with E-state index in [0.29, 0.717) is 29.2 Å². The highest BCUT2D eigenvalue weighted by Gasteiger charge is 2.74. The molecule has 0 spiro atoms. The Hall–Kier alpha value is -3.28. The number of aryl methyl sites for hydroxylation is 1. The maximum atomic E-state index is 12.2. The summed E-state index contributed by atoms with van der Waals surface area (Å²) in [5.41, 5.74) is 2.30. The van der Waals surface area contributed by atoms with Gasteiger partial charge in [0.1, 0.15) is 11.9 Å². The molecule has 164 valence electrons. The molecule has 2 aromatic heterocycles. The van der Waals surface area contributed by atoms with Crippen molar-refractivity contribution in [3.63, 3.8) is 0 Å². The molecule has 2 saturated carbocycles. The molecule has 2 unspecified atom stereocenters. The molecular weight excluding hydrogens is 406 g/mol. The Balaban J connectivity index is 1.55. The zero-order valence-corrected chi connectivity index (χ0v) is 18.2. The zero-order valence-electron chi connectivity index (χ0n) is 18.2. The topological polar surface area (TPSA) is 113 Å². The molecule has 2 fully saturated rings. The number of Topliss-reactive ketones (excluding diaryl/α,β-unsaturated/α-hetero) is 1. The molecule has 2 aliphatic rings. The Labute approximate surface area is 185 Å². The van der Waals surface area contributed by atoms with Crippen LogP contribution < -0.4 is 5.32 Å². The lowest BCUT2D eigenvalue weighted by molar-refractivity contribution is -0.128. The molecule has 0 bridgehead atoms. The van der Waals surface area contributed by atoms with Crippen LogP contribution >= 0.6 is 0 Å². The van der Waals surface area contributed by atoms with Crippen molar-refractivity contribution in [1.29, 1.82) is 0 Å². The number of rotatable bonds is 4. The first-order valence-corrected chi connectivity index (χ1v) is 10.8. The molecule has 5 atom stereocenters. The van der Waals surface area contributed by atoms with Gasteiger partial charge in [0.25, 0.3) is 0 Å². The monoisotopic (exact) mass is 431 g/mol. The van der Waals surface area contributed by atoms with Gasteiger partial charge in [-0.2, -0.15) is 0 Å². The molecule has 1 aromatic carbocycles. The molecule has 5 rings (SSSR count). The van der Waals surface area contributed by atoms with Crippen molar-refractivity contribution >= 4 is 22.8 Å².